The number of nitrogens with zero attached hydrogens (tertiary/aromatic N) is 5. The summed E-state index contributed by atoms with van der Waals surface area (Å²) in [6, 6.07) is 13.9. The minimum Gasteiger partial charge on any atom is -0.376 e. The van der Waals surface area contributed by atoms with E-state index in [1.54, 1.807) is 0 Å². The Labute approximate surface area is 208 Å². The molecule has 35 heavy (non-hydrogen) atoms. The van der Waals surface area contributed by atoms with Gasteiger partial charge < -0.3 is 9.72 Å². The van der Waals surface area contributed by atoms with Crippen LogP contribution < -0.4 is 5.56 Å². The number of nitrogens with one attached hydrogen (secondary N) is 1. The van der Waals surface area contributed by atoms with Crippen molar-refractivity contribution in [1.82, 2.24) is 30.1 Å². The number of fused-ring (bicyclic) bond motifs is 1. The molecule has 2 aromatic carbocycles. The number of hydrogen-bond acceptors (Lipinski definition) is 6. The van der Waals surface area contributed by atoms with Crippen LogP contribution in [-0.4, -0.2) is 42.8 Å². The van der Waals surface area contributed by atoms with Gasteiger partial charge in [-0.3, -0.25) is 9.69 Å². The van der Waals surface area contributed by atoms with Crippen LogP contribution in [0.25, 0.3) is 10.9 Å². The number of ether oxygens (including phenoxy) is 1. The predicted molar refractivity (Wildman–Crippen MR) is 135 cm³/mol. The third-order valence-corrected chi connectivity index (χ3v) is 6.86. The smallest absolute Gasteiger partial charge is 0.252 e. The molecular weight excluding hydrogens is 464 g/mol. The van der Waals surface area contributed by atoms with Gasteiger partial charge in [-0.15, -0.1) is 5.10 Å². The minimum atomic E-state index is -0.0902. The number of pyridine rings is 1. The number of hydrogen-bond donors (Lipinski definition) is 1. The van der Waals surface area contributed by atoms with E-state index < -0.39 is 0 Å². The summed E-state index contributed by atoms with van der Waals surface area (Å²) >= 11 is 6.49. The lowest BCUT2D eigenvalue weighted by molar-refractivity contribution is 0.0914. The molecule has 1 aliphatic heterocycles. The molecule has 1 saturated heterocycles. The van der Waals surface area contributed by atoms with Crippen LogP contribution in [0, 0.1) is 13.8 Å². The van der Waals surface area contributed by atoms with E-state index in [9.17, 15) is 4.79 Å². The highest BCUT2D eigenvalue weighted by atomic mass is 35.5. The van der Waals surface area contributed by atoms with Crippen LogP contribution in [0.5, 0.6) is 0 Å². The molecule has 0 unspecified atom stereocenters. The van der Waals surface area contributed by atoms with E-state index in [1.165, 1.54) is 0 Å². The molecule has 8 nitrogen and oxygen atoms in total. The number of benzene rings is 2. The van der Waals surface area contributed by atoms with Crippen molar-refractivity contribution in [1.29, 1.82) is 0 Å². The monoisotopic (exact) mass is 492 g/mol. The molecule has 1 atom stereocenters. The molecule has 3 heterocycles. The molecule has 0 aliphatic carbocycles. The van der Waals surface area contributed by atoms with Gasteiger partial charge in [-0.05, 0) is 71.8 Å². The van der Waals surface area contributed by atoms with Crippen molar-refractivity contribution in [2.45, 2.75) is 59.0 Å². The van der Waals surface area contributed by atoms with Gasteiger partial charge in [-0.25, -0.2) is 4.68 Å². The van der Waals surface area contributed by atoms with Gasteiger partial charge in [0.1, 0.15) is 0 Å². The van der Waals surface area contributed by atoms with Crippen LogP contribution in [0.15, 0.2) is 47.3 Å². The number of H-pyrrole nitrogens is 1. The number of rotatable bonds is 8. The summed E-state index contributed by atoms with van der Waals surface area (Å²) in [5.41, 5.74) is 4.68. The standard InChI is InChI=1S/C26H29ClN6O2/c1-17-10-18(2)25-20(11-17)12-21(26(34)28-25)14-32(13-19-6-3-4-8-23(19)27)16-24-29-30-31-33(24)15-22-7-5-9-35-22/h3-4,6,8,10-12,22H,5,7,9,13-16H2,1-2H3,(H,28,34)/t22-/m0/s1. The topological polar surface area (TPSA) is 88.9 Å². The van der Waals surface area contributed by atoms with Crippen molar-refractivity contribution >= 4 is 22.5 Å². The SMILES string of the molecule is Cc1cc(C)c2[nH]c(=O)c(CN(Cc3ccccc3Cl)Cc3nnnn3C[C@@H]3CCCO3)cc2c1. The second kappa shape index (κ2) is 10.3. The largest absolute Gasteiger partial charge is 0.376 e. The van der Waals surface area contributed by atoms with Crippen LogP contribution in [0.3, 0.4) is 0 Å². The van der Waals surface area contributed by atoms with Crippen molar-refractivity contribution in [2.24, 2.45) is 0 Å². The molecule has 0 spiro atoms. The van der Waals surface area contributed by atoms with Gasteiger partial charge in [-0.2, -0.15) is 0 Å². The molecule has 1 aliphatic rings. The third-order valence-electron chi connectivity index (χ3n) is 6.49. The van der Waals surface area contributed by atoms with Gasteiger partial charge in [0.15, 0.2) is 5.82 Å². The van der Waals surface area contributed by atoms with E-state index >= 15 is 0 Å². The summed E-state index contributed by atoms with van der Waals surface area (Å²) in [5.74, 6) is 0.733. The molecule has 1 N–H and O–H groups in total. The lowest BCUT2D eigenvalue weighted by atomic mass is 10.0. The first kappa shape index (κ1) is 23.7. The zero-order chi connectivity index (χ0) is 24.4. The quantitative estimate of drug-likeness (QED) is 0.397. The van der Waals surface area contributed by atoms with E-state index in [4.69, 9.17) is 16.3 Å². The maximum atomic E-state index is 13.1. The Balaban J connectivity index is 1.45. The number of aryl methyl sites for hydroxylation is 2. The molecular formula is C26H29ClN6O2. The molecule has 5 rings (SSSR count). The zero-order valence-electron chi connectivity index (χ0n) is 20.0. The summed E-state index contributed by atoms with van der Waals surface area (Å²) in [5, 5.41) is 14.1. The van der Waals surface area contributed by atoms with Crippen molar-refractivity contribution < 1.29 is 4.74 Å². The molecule has 2 aromatic heterocycles. The maximum Gasteiger partial charge on any atom is 0.252 e. The Morgan fingerprint density at radius 1 is 1.14 bits per heavy atom. The van der Waals surface area contributed by atoms with Crippen LogP contribution in [0.2, 0.25) is 5.02 Å². The van der Waals surface area contributed by atoms with Crippen molar-refractivity contribution in [3.8, 4) is 0 Å². The van der Waals surface area contributed by atoms with Crippen molar-refractivity contribution in [2.75, 3.05) is 6.61 Å². The van der Waals surface area contributed by atoms with Gasteiger partial charge in [0.05, 0.1) is 24.7 Å². The number of aromatic nitrogens is 5. The van der Waals surface area contributed by atoms with E-state index in [1.807, 2.05) is 41.9 Å². The van der Waals surface area contributed by atoms with Gasteiger partial charge in [0.2, 0.25) is 0 Å². The molecule has 0 bridgehead atoms. The van der Waals surface area contributed by atoms with E-state index in [0.29, 0.717) is 36.8 Å². The van der Waals surface area contributed by atoms with Crippen LogP contribution in [-0.2, 0) is 30.9 Å². The summed E-state index contributed by atoms with van der Waals surface area (Å²) in [6.45, 7) is 6.93. The first-order valence-electron chi connectivity index (χ1n) is 11.9. The third kappa shape index (κ3) is 5.45. The molecule has 0 radical (unpaired) electrons. The summed E-state index contributed by atoms with van der Waals surface area (Å²) in [4.78, 5) is 18.3. The summed E-state index contributed by atoms with van der Waals surface area (Å²) < 4.78 is 7.59. The fourth-order valence-corrected chi connectivity index (χ4v) is 4.98. The Kier molecular flexibility index (Phi) is 6.95. The highest BCUT2D eigenvalue weighted by Gasteiger charge is 2.21. The highest BCUT2D eigenvalue weighted by Crippen LogP contribution is 2.22. The minimum absolute atomic E-state index is 0.0902. The predicted octanol–water partition coefficient (Wildman–Crippen LogP) is 4.17. The van der Waals surface area contributed by atoms with Crippen LogP contribution in [0.4, 0.5) is 0 Å². The van der Waals surface area contributed by atoms with E-state index in [0.717, 1.165) is 52.9 Å². The Hall–Kier alpha value is -3.07. The molecule has 9 heteroatoms. The Bertz CT molecular complexity index is 1390. The second-order valence-electron chi connectivity index (χ2n) is 9.32. The molecule has 182 valence electrons. The summed E-state index contributed by atoms with van der Waals surface area (Å²) in [6.07, 6.45) is 2.20. The average molecular weight is 493 g/mol. The zero-order valence-corrected chi connectivity index (χ0v) is 20.8. The first-order valence-corrected chi connectivity index (χ1v) is 12.3. The highest BCUT2D eigenvalue weighted by molar-refractivity contribution is 6.31. The molecule has 1 fully saturated rings. The Morgan fingerprint density at radius 2 is 1.97 bits per heavy atom. The summed E-state index contributed by atoms with van der Waals surface area (Å²) in [7, 11) is 0. The first-order chi connectivity index (χ1) is 17.0. The molecule has 4 aromatic rings. The van der Waals surface area contributed by atoms with Crippen molar-refractivity contribution in [3.63, 3.8) is 0 Å². The fourth-order valence-electron chi connectivity index (χ4n) is 4.79. The average Bonchev–Trinajstić information content (AvgIpc) is 3.49. The van der Waals surface area contributed by atoms with Gasteiger partial charge in [0.25, 0.3) is 5.56 Å². The molecule has 0 saturated carbocycles. The van der Waals surface area contributed by atoms with Gasteiger partial charge in [0, 0.05) is 30.3 Å². The maximum absolute atomic E-state index is 13.1. The lowest BCUT2D eigenvalue weighted by Gasteiger charge is -2.23. The lowest BCUT2D eigenvalue weighted by Crippen LogP contribution is -2.29. The fraction of sp³-hybridized carbons (Fsp3) is 0.385. The van der Waals surface area contributed by atoms with Crippen LogP contribution >= 0.6 is 11.6 Å². The second-order valence-corrected chi connectivity index (χ2v) is 9.73. The number of halogens is 1. The van der Waals surface area contributed by atoms with E-state index in [2.05, 4.69) is 44.5 Å². The number of tetrazole rings is 1. The molecule has 0 amide bonds. The van der Waals surface area contributed by atoms with Crippen molar-refractivity contribution in [3.05, 3.63) is 85.9 Å². The van der Waals surface area contributed by atoms with Gasteiger partial charge in [-0.1, -0.05) is 41.4 Å². The number of aromatic amines is 1. The Morgan fingerprint density at radius 3 is 2.77 bits per heavy atom. The van der Waals surface area contributed by atoms with Gasteiger partial charge >= 0.3 is 0 Å². The van der Waals surface area contributed by atoms with E-state index in [-0.39, 0.29) is 11.7 Å². The normalized spacial score (nSPS) is 15.9. The van der Waals surface area contributed by atoms with Crippen LogP contribution in [0.1, 0.15) is 40.9 Å².